The first-order chi connectivity index (χ1) is 8.70. The summed E-state index contributed by atoms with van der Waals surface area (Å²) in [5.74, 6) is 0.791. The molecule has 1 fully saturated rings. The molecule has 2 heteroatoms. The lowest BCUT2D eigenvalue weighted by molar-refractivity contribution is 0.434. The summed E-state index contributed by atoms with van der Waals surface area (Å²) < 4.78 is 13.2. The van der Waals surface area contributed by atoms with Gasteiger partial charge in [-0.1, -0.05) is 13.0 Å². The van der Waals surface area contributed by atoms with E-state index in [2.05, 4.69) is 19.2 Å². The molecule has 1 atom stereocenters. The van der Waals surface area contributed by atoms with Crippen LogP contribution in [0.1, 0.15) is 43.7 Å². The number of benzene rings is 1. The van der Waals surface area contributed by atoms with Crippen molar-refractivity contribution < 1.29 is 4.39 Å². The van der Waals surface area contributed by atoms with Gasteiger partial charge in [0.2, 0.25) is 0 Å². The van der Waals surface area contributed by atoms with Crippen LogP contribution in [0.5, 0.6) is 0 Å². The predicted molar refractivity (Wildman–Crippen MR) is 74.3 cm³/mol. The molecule has 0 aliphatic heterocycles. The lowest BCUT2D eigenvalue weighted by atomic mass is 9.99. The van der Waals surface area contributed by atoms with E-state index in [0.29, 0.717) is 6.04 Å². The molecule has 0 heterocycles. The second-order valence-corrected chi connectivity index (χ2v) is 5.46. The Kier molecular flexibility index (Phi) is 4.76. The van der Waals surface area contributed by atoms with Gasteiger partial charge in [0.05, 0.1) is 0 Å². The maximum atomic E-state index is 13.2. The number of rotatable bonds is 7. The summed E-state index contributed by atoms with van der Waals surface area (Å²) in [6.45, 7) is 5.30. The fourth-order valence-corrected chi connectivity index (χ4v) is 2.69. The molecule has 0 radical (unpaired) electrons. The molecule has 1 unspecified atom stereocenters. The number of halogens is 1. The Bertz CT molecular complexity index is 385. The van der Waals surface area contributed by atoms with Crippen LogP contribution in [0, 0.1) is 18.7 Å². The largest absolute Gasteiger partial charge is 0.314 e. The number of aryl methyl sites for hydroxylation is 2. The van der Waals surface area contributed by atoms with Gasteiger partial charge in [0.25, 0.3) is 0 Å². The van der Waals surface area contributed by atoms with Crippen LogP contribution in [0.25, 0.3) is 0 Å². The van der Waals surface area contributed by atoms with Gasteiger partial charge in [0.1, 0.15) is 5.82 Å². The van der Waals surface area contributed by atoms with Gasteiger partial charge in [-0.15, -0.1) is 0 Å². The first-order valence-electron chi connectivity index (χ1n) is 7.19. The predicted octanol–water partition coefficient (Wildman–Crippen LogP) is 3.84. The first-order valence-corrected chi connectivity index (χ1v) is 7.19. The van der Waals surface area contributed by atoms with Crippen molar-refractivity contribution >= 4 is 0 Å². The van der Waals surface area contributed by atoms with Crippen LogP contribution in [-0.2, 0) is 6.42 Å². The second kappa shape index (κ2) is 6.33. The molecule has 2 rings (SSSR count). The third-order valence-electron chi connectivity index (χ3n) is 3.93. The first kappa shape index (κ1) is 13.5. The van der Waals surface area contributed by atoms with Crippen molar-refractivity contribution in [3.8, 4) is 0 Å². The molecule has 0 aromatic heterocycles. The molecule has 0 saturated heterocycles. The zero-order chi connectivity index (χ0) is 13.0. The quantitative estimate of drug-likeness (QED) is 0.774. The van der Waals surface area contributed by atoms with E-state index in [1.165, 1.54) is 30.4 Å². The fraction of sp³-hybridized carbons (Fsp3) is 0.625. The van der Waals surface area contributed by atoms with Gasteiger partial charge in [-0.25, -0.2) is 4.39 Å². The summed E-state index contributed by atoms with van der Waals surface area (Å²) >= 11 is 0. The van der Waals surface area contributed by atoms with Gasteiger partial charge in [0.15, 0.2) is 0 Å². The highest BCUT2D eigenvalue weighted by atomic mass is 19.1. The van der Waals surface area contributed by atoms with E-state index in [1.54, 1.807) is 12.1 Å². The van der Waals surface area contributed by atoms with E-state index in [0.717, 1.165) is 25.3 Å². The summed E-state index contributed by atoms with van der Waals surface area (Å²) in [7, 11) is 0. The van der Waals surface area contributed by atoms with E-state index in [-0.39, 0.29) is 5.82 Å². The Balaban J connectivity index is 1.81. The minimum absolute atomic E-state index is 0.110. The lowest BCUT2D eigenvalue weighted by Crippen LogP contribution is -2.30. The minimum Gasteiger partial charge on any atom is -0.314 e. The Morgan fingerprint density at radius 3 is 2.83 bits per heavy atom. The maximum Gasteiger partial charge on any atom is 0.123 e. The molecule has 1 aromatic rings. The maximum absolute atomic E-state index is 13.2. The van der Waals surface area contributed by atoms with Crippen molar-refractivity contribution in [3.63, 3.8) is 0 Å². The van der Waals surface area contributed by atoms with Crippen LogP contribution < -0.4 is 5.32 Å². The molecule has 1 aliphatic carbocycles. The number of hydrogen-bond acceptors (Lipinski definition) is 1. The lowest BCUT2D eigenvalue weighted by Gasteiger charge is -2.17. The third-order valence-corrected chi connectivity index (χ3v) is 3.93. The van der Waals surface area contributed by atoms with E-state index < -0.39 is 0 Å². The molecular weight excluding hydrogens is 225 g/mol. The van der Waals surface area contributed by atoms with Crippen LogP contribution in [0.2, 0.25) is 0 Å². The van der Waals surface area contributed by atoms with Gasteiger partial charge < -0.3 is 5.32 Å². The van der Waals surface area contributed by atoms with Crippen LogP contribution in [-0.4, -0.2) is 12.6 Å². The van der Waals surface area contributed by atoms with Crippen LogP contribution in [0.15, 0.2) is 18.2 Å². The average molecular weight is 249 g/mol. The summed E-state index contributed by atoms with van der Waals surface area (Å²) in [5, 5.41) is 3.58. The Labute approximate surface area is 110 Å². The zero-order valence-corrected chi connectivity index (χ0v) is 11.5. The second-order valence-electron chi connectivity index (χ2n) is 5.46. The molecule has 1 N–H and O–H groups in total. The molecular formula is C16H24FN. The van der Waals surface area contributed by atoms with Crippen molar-refractivity contribution in [3.05, 3.63) is 35.1 Å². The fourth-order valence-electron chi connectivity index (χ4n) is 2.69. The van der Waals surface area contributed by atoms with Crippen LogP contribution >= 0.6 is 0 Å². The third kappa shape index (κ3) is 3.81. The molecule has 100 valence electrons. The average Bonchev–Trinajstić information content (AvgIpc) is 3.16. The molecule has 0 spiro atoms. The van der Waals surface area contributed by atoms with Crippen LogP contribution in [0.3, 0.4) is 0 Å². The molecule has 0 bridgehead atoms. The summed E-state index contributed by atoms with van der Waals surface area (Å²) in [6, 6.07) is 5.80. The van der Waals surface area contributed by atoms with Gasteiger partial charge in [0, 0.05) is 6.04 Å². The smallest absolute Gasteiger partial charge is 0.123 e. The summed E-state index contributed by atoms with van der Waals surface area (Å²) in [5.41, 5.74) is 2.38. The molecule has 0 amide bonds. The zero-order valence-electron chi connectivity index (χ0n) is 11.5. The topological polar surface area (TPSA) is 12.0 Å². The van der Waals surface area contributed by atoms with Crippen molar-refractivity contribution in [1.82, 2.24) is 5.32 Å². The Hall–Kier alpha value is -0.890. The molecule has 1 aromatic carbocycles. The van der Waals surface area contributed by atoms with Crippen molar-refractivity contribution in [2.75, 3.05) is 6.54 Å². The Morgan fingerprint density at radius 1 is 1.39 bits per heavy atom. The number of nitrogens with one attached hydrogen (secondary N) is 1. The van der Waals surface area contributed by atoms with Crippen molar-refractivity contribution in [2.24, 2.45) is 5.92 Å². The van der Waals surface area contributed by atoms with Crippen molar-refractivity contribution in [1.29, 1.82) is 0 Å². The van der Waals surface area contributed by atoms with Gasteiger partial charge >= 0.3 is 0 Å². The minimum atomic E-state index is -0.110. The molecule has 1 saturated carbocycles. The molecule has 18 heavy (non-hydrogen) atoms. The van der Waals surface area contributed by atoms with Gasteiger partial charge in [-0.3, -0.25) is 0 Å². The van der Waals surface area contributed by atoms with E-state index in [1.807, 2.05) is 6.07 Å². The highest BCUT2D eigenvalue weighted by Gasteiger charge is 2.29. The summed E-state index contributed by atoms with van der Waals surface area (Å²) in [4.78, 5) is 0. The Morgan fingerprint density at radius 2 is 2.17 bits per heavy atom. The highest BCUT2D eigenvalue weighted by Crippen LogP contribution is 2.34. The number of hydrogen-bond donors (Lipinski definition) is 1. The normalized spacial score (nSPS) is 16.8. The van der Waals surface area contributed by atoms with E-state index in [9.17, 15) is 4.39 Å². The standard InChI is InChI=1S/C16H24FN/c1-3-18-16(13-8-9-13)6-4-5-14-11-15(17)10-7-12(14)2/h7,10-11,13,16,18H,3-6,8-9H2,1-2H3. The SMILES string of the molecule is CCNC(CCCc1cc(F)ccc1C)C1CC1. The monoisotopic (exact) mass is 249 g/mol. The van der Waals surface area contributed by atoms with Crippen LogP contribution in [0.4, 0.5) is 4.39 Å². The van der Waals surface area contributed by atoms with E-state index in [4.69, 9.17) is 0 Å². The van der Waals surface area contributed by atoms with E-state index >= 15 is 0 Å². The van der Waals surface area contributed by atoms with Gasteiger partial charge in [-0.2, -0.15) is 0 Å². The highest BCUT2D eigenvalue weighted by molar-refractivity contribution is 5.26. The van der Waals surface area contributed by atoms with Crippen molar-refractivity contribution in [2.45, 2.75) is 52.0 Å². The van der Waals surface area contributed by atoms with Gasteiger partial charge in [-0.05, 0) is 74.8 Å². The molecule has 1 nitrogen and oxygen atoms in total. The summed E-state index contributed by atoms with van der Waals surface area (Å²) in [6.07, 6.45) is 6.14. The molecule has 1 aliphatic rings.